The van der Waals surface area contributed by atoms with E-state index in [-0.39, 0.29) is 12.0 Å². The van der Waals surface area contributed by atoms with E-state index in [2.05, 4.69) is 0 Å². The van der Waals surface area contributed by atoms with Gasteiger partial charge in [0.1, 0.15) is 11.5 Å². The smallest absolute Gasteiger partial charge is 0.415 e. The normalized spacial score (nSPS) is 14.0. The lowest BCUT2D eigenvalue weighted by molar-refractivity contribution is -0.132. The van der Waals surface area contributed by atoms with Gasteiger partial charge in [0.15, 0.2) is 0 Å². The minimum atomic E-state index is -0.381. The van der Waals surface area contributed by atoms with E-state index >= 15 is 0 Å². The van der Waals surface area contributed by atoms with Crippen molar-refractivity contribution in [2.24, 2.45) is 0 Å². The summed E-state index contributed by atoms with van der Waals surface area (Å²) < 4.78 is 10.6. The molecule has 1 fully saturated rings. The highest BCUT2D eigenvalue weighted by molar-refractivity contribution is 5.80. The Hall–Kier alpha value is -3.02. The molecule has 1 aliphatic rings. The van der Waals surface area contributed by atoms with Crippen molar-refractivity contribution in [3.8, 4) is 11.5 Å². The Morgan fingerprint density at radius 1 is 0.885 bits per heavy atom. The monoisotopic (exact) mass is 354 g/mol. The zero-order chi connectivity index (χ0) is 18.4. The molecule has 6 heteroatoms. The van der Waals surface area contributed by atoms with E-state index < -0.39 is 0 Å². The SMILES string of the molecule is COc1ccccc1CC(=O)N1CCN(C(=O)Oc2ccccc2)CC1. The first-order valence-electron chi connectivity index (χ1n) is 8.59. The average Bonchev–Trinajstić information content (AvgIpc) is 2.69. The molecular weight excluding hydrogens is 332 g/mol. The van der Waals surface area contributed by atoms with Gasteiger partial charge in [-0.1, -0.05) is 36.4 Å². The van der Waals surface area contributed by atoms with Gasteiger partial charge in [-0.2, -0.15) is 0 Å². The largest absolute Gasteiger partial charge is 0.496 e. The number of amides is 2. The van der Waals surface area contributed by atoms with Crippen LogP contribution in [-0.2, 0) is 11.2 Å². The molecule has 0 atom stereocenters. The van der Waals surface area contributed by atoms with E-state index in [0.717, 1.165) is 5.56 Å². The topological polar surface area (TPSA) is 59.1 Å². The number of para-hydroxylation sites is 2. The first kappa shape index (κ1) is 17.8. The minimum absolute atomic E-state index is 0.0329. The van der Waals surface area contributed by atoms with Crippen LogP contribution in [0.3, 0.4) is 0 Å². The van der Waals surface area contributed by atoms with Crippen molar-refractivity contribution in [3.63, 3.8) is 0 Å². The van der Waals surface area contributed by atoms with Gasteiger partial charge in [-0.25, -0.2) is 4.79 Å². The highest BCUT2D eigenvalue weighted by Gasteiger charge is 2.25. The van der Waals surface area contributed by atoms with Crippen molar-refractivity contribution >= 4 is 12.0 Å². The van der Waals surface area contributed by atoms with E-state index in [0.29, 0.717) is 44.1 Å². The van der Waals surface area contributed by atoms with Gasteiger partial charge >= 0.3 is 6.09 Å². The van der Waals surface area contributed by atoms with Gasteiger partial charge in [0.25, 0.3) is 0 Å². The Balaban J connectivity index is 1.51. The van der Waals surface area contributed by atoms with Crippen LogP contribution < -0.4 is 9.47 Å². The molecule has 0 radical (unpaired) electrons. The summed E-state index contributed by atoms with van der Waals surface area (Å²) in [5, 5.41) is 0. The third kappa shape index (κ3) is 4.33. The number of carbonyl (C=O) groups excluding carboxylic acids is 2. The van der Waals surface area contributed by atoms with Crippen molar-refractivity contribution < 1.29 is 19.1 Å². The van der Waals surface area contributed by atoms with Crippen molar-refractivity contribution in [2.45, 2.75) is 6.42 Å². The van der Waals surface area contributed by atoms with Gasteiger partial charge in [-0.3, -0.25) is 4.79 Å². The molecule has 2 amide bonds. The third-order valence-corrected chi connectivity index (χ3v) is 4.37. The Kier molecular flexibility index (Phi) is 5.73. The molecular formula is C20H22N2O4. The van der Waals surface area contributed by atoms with E-state index in [1.165, 1.54) is 0 Å². The number of piperazine rings is 1. The predicted molar refractivity (Wildman–Crippen MR) is 97.3 cm³/mol. The molecule has 0 spiro atoms. The molecule has 1 heterocycles. The number of carbonyl (C=O) groups is 2. The molecule has 1 aliphatic heterocycles. The number of methoxy groups -OCH3 is 1. The zero-order valence-corrected chi connectivity index (χ0v) is 14.8. The highest BCUT2D eigenvalue weighted by Crippen LogP contribution is 2.19. The van der Waals surface area contributed by atoms with Crippen LogP contribution in [0, 0.1) is 0 Å². The molecule has 6 nitrogen and oxygen atoms in total. The molecule has 136 valence electrons. The summed E-state index contributed by atoms with van der Waals surface area (Å²) in [6.45, 7) is 1.92. The maximum absolute atomic E-state index is 12.5. The standard InChI is InChI=1S/C20H22N2O4/c1-25-18-10-6-5-7-16(18)15-19(23)21-11-13-22(14-12-21)20(24)26-17-8-3-2-4-9-17/h2-10H,11-15H2,1H3. The zero-order valence-electron chi connectivity index (χ0n) is 14.8. The average molecular weight is 354 g/mol. The van der Waals surface area contributed by atoms with Gasteiger partial charge in [-0.05, 0) is 18.2 Å². The molecule has 0 bridgehead atoms. The van der Waals surface area contributed by atoms with Crippen molar-refractivity contribution in [3.05, 3.63) is 60.2 Å². The lowest BCUT2D eigenvalue weighted by atomic mass is 10.1. The molecule has 26 heavy (non-hydrogen) atoms. The van der Waals surface area contributed by atoms with Gasteiger partial charge in [-0.15, -0.1) is 0 Å². The Bertz CT molecular complexity index is 755. The van der Waals surface area contributed by atoms with E-state index in [1.807, 2.05) is 42.5 Å². The van der Waals surface area contributed by atoms with Crippen LogP contribution in [0.25, 0.3) is 0 Å². The van der Waals surface area contributed by atoms with Crippen LogP contribution in [-0.4, -0.2) is 55.1 Å². The minimum Gasteiger partial charge on any atom is -0.496 e. The summed E-state index contributed by atoms with van der Waals surface area (Å²) in [5.41, 5.74) is 0.867. The Morgan fingerprint density at radius 3 is 2.19 bits per heavy atom. The van der Waals surface area contributed by atoms with Crippen LogP contribution in [0.2, 0.25) is 0 Å². The van der Waals surface area contributed by atoms with Crippen LogP contribution in [0.1, 0.15) is 5.56 Å². The van der Waals surface area contributed by atoms with Crippen LogP contribution in [0.15, 0.2) is 54.6 Å². The molecule has 0 aromatic heterocycles. The van der Waals surface area contributed by atoms with Gasteiger partial charge in [0.2, 0.25) is 5.91 Å². The number of nitrogens with zero attached hydrogens (tertiary/aromatic N) is 2. The predicted octanol–water partition coefficient (Wildman–Crippen LogP) is 2.58. The summed E-state index contributed by atoms with van der Waals surface area (Å²) in [4.78, 5) is 28.1. The molecule has 1 saturated heterocycles. The fourth-order valence-corrected chi connectivity index (χ4v) is 2.92. The number of hydrogen-bond donors (Lipinski definition) is 0. The van der Waals surface area contributed by atoms with E-state index in [4.69, 9.17) is 9.47 Å². The summed E-state index contributed by atoms with van der Waals surface area (Å²) in [6.07, 6.45) is -0.0913. The number of ether oxygens (including phenoxy) is 2. The number of hydrogen-bond acceptors (Lipinski definition) is 4. The number of rotatable bonds is 4. The second-order valence-corrected chi connectivity index (χ2v) is 6.04. The van der Waals surface area contributed by atoms with Crippen molar-refractivity contribution in [1.29, 1.82) is 0 Å². The van der Waals surface area contributed by atoms with Gasteiger partial charge < -0.3 is 19.3 Å². The second kappa shape index (κ2) is 8.38. The fraction of sp³-hybridized carbons (Fsp3) is 0.300. The third-order valence-electron chi connectivity index (χ3n) is 4.37. The molecule has 2 aromatic carbocycles. The van der Waals surface area contributed by atoms with E-state index in [1.54, 1.807) is 29.0 Å². The summed E-state index contributed by atoms with van der Waals surface area (Å²) in [5.74, 6) is 1.27. The second-order valence-electron chi connectivity index (χ2n) is 6.04. The van der Waals surface area contributed by atoms with Gasteiger partial charge in [0, 0.05) is 31.7 Å². The van der Waals surface area contributed by atoms with Crippen LogP contribution in [0.5, 0.6) is 11.5 Å². The highest BCUT2D eigenvalue weighted by atomic mass is 16.6. The van der Waals surface area contributed by atoms with Gasteiger partial charge in [0.05, 0.1) is 13.5 Å². The van der Waals surface area contributed by atoms with Crippen molar-refractivity contribution in [1.82, 2.24) is 9.80 Å². The molecule has 0 saturated carbocycles. The Labute approximate surface area is 152 Å². The molecule has 2 aromatic rings. The molecule has 0 N–H and O–H groups in total. The lowest BCUT2D eigenvalue weighted by Gasteiger charge is -2.34. The maximum atomic E-state index is 12.5. The quantitative estimate of drug-likeness (QED) is 0.847. The Morgan fingerprint density at radius 2 is 1.50 bits per heavy atom. The maximum Gasteiger partial charge on any atom is 0.415 e. The summed E-state index contributed by atoms with van der Waals surface area (Å²) in [7, 11) is 1.60. The first-order chi connectivity index (χ1) is 12.7. The number of benzene rings is 2. The first-order valence-corrected chi connectivity index (χ1v) is 8.59. The van der Waals surface area contributed by atoms with Crippen LogP contribution >= 0.6 is 0 Å². The van der Waals surface area contributed by atoms with E-state index in [9.17, 15) is 9.59 Å². The summed E-state index contributed by atoms with van der Waals surface area (Å²) >= 11 is 0. The molecule has 0 unspecified atom stereocenters. The molecule has 0 aliphatic carbocycles. The summed E-state index contributed by atoms with van der Waals surface area (Å²) in [6, 6.07) is 16.5. The lowest BCUT2D eigenvalue weighted by Crippen LogP contribution is -2.51. The molecule has 3 rings (SSSR count). The fourth-order valence-electron chi connectivity index (χ4n) is 2.92. The van der Waals surface area contributed by atoms with Crippen molar-refractivity contribution in [2.75, 3.05) is 33.3 Å². The van der Waals surface area contributed by atoms with Crippen LogP contribution in [0.4, 0.5) is 4.79 Å².